The van der Waals surface area contributed by atoms with Gasteiger partial charge in [0, 0.05) is 22.5 Å². The summed E-state index contributed by atoms with van der Waals surface area (Å²) in [6.07, 6.45) is -0.557. The molecule has 0 radical (unpaired) electrons. The van der Waals surface area contributed by atoms with Crippen LogP contribution in [0.4, 0.5) is 17.1 Å². The van der Waals surface area contributed by atoms with Crippen LogP contribution in [0.25, 0.3) is 0 Å². The molecule has 0 saturated heterocycles. The zero-order valence-corrected chi connectivity index (χ0v) is 16.1. The Morgan fingerprint density at radius 1 is 0.833 bits per heavy atom. The van der Waals surface area contributed by atoms with Crippen LogP contribution in [0.15, 0.2) is 72.8 Å². The third-order valence-electron chi connectivity index (χ3n) is 4.61. The van der Waals surface area contributed by atoms with Gasteiger partial charge in [0.25, 0.3) is 17.7 Å². The molecule has 1 aliphatic heterocycles. The summed E-state index contributed by atoms with van der Waals surface area (Å²) in [7, 11) is 0. The Bertz CT molecular complexity index is 1110. The van der Waals surface area contributed by atoms with E-state index in [2.05, 4.69) is 16.0 Å². The highest BCUT2D eigenvalue weighted by atomic mass is 16.5. The Morgan fingerprint density at radius 2 is 1.43 bits per heavy atom. The van der Waals surface area contributed by atoms with E-state index in [9.17, 15) is 14.4 Å². The number of anilines is 3. The zero-order valence-electron chi connectivity index (χ0n) is 16.1. The van der Waals surface area contributed by atoms with E-state index in [0.717, 1.165) is 0 Å². The highest BCUT2D eigenvalue weighted by molar-refractivity contribution is 6.07. The molecule has 0 fully saturated rings. The fourth-order valence-corrected chi connectivity index (χ4v) is 2.99. The second-order valence-electron chi connectivity index (χ2n) is 6.81. The van der Waals surface area contributed by atoms with Crippen LogP contribution in [0.3, 0.4) is 0 Å². The highest BCUT2D eigenvalue weighted by Crippen LogP contribution is 2.32. The molecule has 3 amide bonds. The Morgan fingerprint density at radius 3 is 2.13 bits per heavy atom. The fourth-order valence-electron chi connectivity index (χ4n) is 2.99. The average molecular weight is 401 g/mol. The second kappa shape index (κ2) is 8.08. The van der Waals surface area contributed by atoms with E-state index in [1.807, 2.05) is 6.07 Å². The van der Waals surface area contributed by atoms with Crippen molar-refractivity contribution in [1.82, 2.24) is 0 Å². The van der Waals surface area contributed by atoms with Crippen LogP contribution in [-0.2, 0) is 4.79 Å². The minimum atomic E-state index is -0.557. The number of rotatable bonds is 4. The molecule has 3 aromatic carbocycles. The summed E-state index contributed by atoms with van der Waals surface area (Å²) in [5, 5.41) is 8.33. The third-order valence-corrected chi connectivity index (χ3v) is 4.61. The Balaban J connectivity index is 1.41. The van der Waals surface area contributed by atoms with E-state index in [-0.39, 0.29) is 17.7 Å². The number of fused-ring (bicyclic) bond motifs is 1. The van der Waals surface area contributed by atoms with Gasteiger partial charge in [0.15, 0.2) is 6.10 Å². The van der Waals surface area contributed by atoms with Crippen molar-refractivity contribution in [2.45, 2.75) is 13.0 Å². The Kier molecular flexibility index (Phi) is 5.17. The van der Waals surface area contributed by atoms with Gasteiger partial charge in [-0.1, -0.05) is 18.2 Å². The van der Waals surface area contributed by atoms with Gasteiger partial charge in [0.1, 0.15) is 5.75 Å². The fraction of sp³-hybridized carbons (Fsp3) is 0.0870. The van der Waals surface area contributed by atoms with Crippen molar-refractivity contribution in [2.24, 2.45) is 0 Å². The molecule has 0 saturated carbocycles. The molecule has 0 spiro atoms. The normalized spacial score (nSPS) is 14.7. The van der Waals surface area contributed by atoms with Gasteiger partial charge in [-0.3, -0.25) is 14.4 Å². The largest absolute Gasteiger partial charge is 0.479 e. The summed E-state index contributed by atoms with van der Waals surface area (Å²) in [4.78, 5) is 36.5. The van der Waals surface area contributed by atoms with Crippen molar-refractivity contribution >= 4 is 34.8 Å². The lowest BCUT2D eigenvalue weighted by atomic mass is 10.1. The molecule has 4 rings (SSSR count). The molecule has 3 aromatic rings. The van der Waals surface area contributed by atoms with Crippen LogP contribution in [0.1, 0.15) is 27.6 Å². The van der Waals surface area contributed by atoms with E-state index in [4.69, 9.17) is 4.74 Å². The van der Waals surface area contributed by atoms with Crippen molar-refractivity contribution in [3.8, 4) is 5.75 Å². The number of amides is 3. The van der Waals surface area contributed by atoms with Crippen LogP contribution in [0.2, 0.25) is 0 Å². The van der Waals surface area contributed by atoms with Crippen LogP contribution in [-0.4, -0.2) is 23.8 Å². The van der Waals surface area contributed by atoms with E-state index in [1.54, 1.807) is 73.7 Å². The van der Waals surface area contributed by atoms with Crippen molar-refractivity contribution in [3.05, 3.63) is 83.9 Å². The number of carbonyl (C=O) groups is 3. The predicted octanol–water partition coefficient (Wildman–Crippen LogP) is 3.91. The molecule has 7 nitrogen and oxygen atoms in total. The van der Waals surface area contributed by atoms with Crippen molar-refractivity contribution in [3.63, 3.8) is 0 Å². The first-order chi connectivity index (χ1) is 14.5. The quantitative estimate of drug-likeness (QED) is 0.618. The standard InChI is InChI=1S/C23H19N3O4/c1-14-21(27)26-19-13-18(11-12-20(19)30-14)25-23(29)16-7-9-17(10-8-16)24-22(28)15-5-3-2-4-6-15/h2-14H,1H3,(H,24,28)(H,25,29)(H,26,27). The lowest BCUT2D eigenvalue weighted by molar-refractivity contribution is -0.122. The first kappa shape index (κ1) is 19.2. The molecule has 1 unspecified atom stereocenters. The van der Waals surface area contributed by atoms with Crippen molar-refractivity contribution in [2.75, 3.05) is 16.0 Å². The molecule has 7 heteroatoms. The summed E-state index contributed by atoms with van der Waals surface area (Å²) < 4.78 is 5.51. The number of hydrogen-bond acceptors (Lipinski definition) is 4. The van der Waals surface area contributed by atoms with E-state index in [1.165, 1.54) is 0 Å². The predicted molar refractivity (Wildman–Crippen MR) is 114 cm³/mol. The monoisotopic (exact) mass is 401 g/mol. The minimum absolute atomic E-state index is 0.222. The number of hydrogen-bond donors (Lipinski definition) is 3. The summed E-state index contributed by atoms with van der Waals surface area (Å²) >= 11 is 0. The number of benzene rings is 3. The molecule has 0 aliphatic carbocycles. The smallest absolute Gasteiger partial charge is 0.265 e. The lowest BCUT2D eigenvalue weighted by Gasteiger charge is -2.23. The molecule has 0 bridgehead atoms. The van der Waals surface area contributed by atoms with Crippen molar-refractivity contribution < 1.29 is 19.1 Å². The van der Waals surface area contributed by atoms with Gasteiger partial charge in [0.2, 0.25) is 0 Å². The molecular weight excluding hydrogens is 382 g/mol. The first-order valence-electron chi connectivity index (χ1n) is 9.39. The summed E-state index contributed by atoms with van der Waals surface area (Å²) in [5.41, 5.74) is 2.60. The van der Waals surface area contributed by atoms with Gasteiger partial charge in [-0.25, -0.2) is 0 Å². The number of ether oxygens (including phenoxy) is 1. The lowest BCUT2D eigenvalue weighted by Crippen LogP contribution is -2.34. The zero-order chi connectivity index (χ0) is 21.1. The van der Waals surface area contributed by atoms with Gasteiger partial charge >= 0.3 is 0 Å². The third kappa shape index (κ3) is 4.15. The summed E-state index contributed by atoms with van der Waals surface area (Å²) in [6.45, 7) is 1.67. The van der Waals surface area contributed by atoms with E-state index in [0.29, 0.717) is 33.9 Å². The van der Waals surface area contributed by atoms with Crippen LogP contribution >= 0.6 is 0 Å². The average Bonchev–Trinajstić information content (AvgIpc) is 2.76. The minimum Gasteiger partial charge on any atom is -0.479 e. The number of nitrogens with one attached hydrogen (secondary N) is 3. The molecule has 0 aromatic heterocycles. The Hall–Kier alpha value is -4.13. The molecular formula is C23H19N3O4. The first-order valence-corrected chi connectivity index (χ1v) is 9.39. The van der Waals surface area contributed by atoms with Gasteiger partial charge in [-0.15, -0.1) is 0 Å². The topological polar surface area (TPSA) is 96.5 Å². The van der Waals surface area contributed by atoms with E-state index < -0.39 is 6.10 Å². The van der Waals surface area contributed by atoms with Crippen LogP contribution in [0.5, 0.6) is 5.75 Å². The van der Waals surface area contributed by atoms with Gasteiger partial charge in [-0.2, -0.15) is 0 Å². The number of carbonyl (C=O) groups excluding carboxylic acids is 3. The van der Waals surface area contributed by atoms with Crippen molar-refractivity contribution in [1.29, 1.82) is 0 Å². The summed E-state index contributed by atoms with van der Waals surface area (Å²) in [6, 6.07) is 20.5. The molecule has 3 N–H and O–H groups in total. The van der Waals surface area contributed by atoms with E-state index >= 15 is 0 Å². The van der Waals surface area contributed by atoms with Crippen LogP contribution < -0.4 is 20.7 Å². The van der Waals surface area contributed by atoms with Crippen LogP contribution in [0, 0.1) is 0 Å². The second-order valence-corrected chi connectivity index (χ2v) is 6.81. The maximum atomic E-state index is 12.5. The molecule has 1 aliphatic rings. The SMILES string of the molecule is CC1Oc2ccc(NC(=O)c3ccc(NC(=O)c4ccccc4)cc3)cc2NC1=O. The molecule has 1 atom stereocenters. The molecule has 150 valence electrons. The Labute approximate surface area is 173 Å². The maximum Gasteiger partial charge on any atom is 0.265 e. The van der Waals surface area contributed by atoms with Gasteiger partial charge < -0.3 is 20.7 Å². The highest BCUT2D eigenvalue weighted by Gasteiger charge is 2.23. The maximum absolute atomic E-state index is 12.5. The molecule has 30 heavy (non-hydrogen) atoms. The summed E-state index contributed by atoms with van der Waals surface area (Å²) in [5.74, 6) is -0.217. The molecule has 1 heterocycles. The van der Waals surface area contributed by atoms with Gasteiger partial charge in [-0.05, 0) is 61.5 Å². The van der Waals surface area contributed by atoms with Gasteiger partial charge in [0.05, 0.1) is 5.69 Å².